The minimum Gasteiger partial charge on any atom is -0.487 e. The fourth-order valence-electron chi connectivity index (χ4n) is 4.88. The summed E-state index contributed by atoms with van der Waals surface area (Å²) in [4.78, 5) is 41.5. The predicted octanol–water partition coefficient (Wildman–Crippen LogP) is 4.16. The number of nitrogens with one attached hydrogen (secondary N) is 2. The molecule has 218 valence electrons. The Morgan fingerprint density at radius 2 is 1.92 bits per heavy atom. The van der Waals surface area contributed by atoms with Crippen molar-refractivity contribution in [2.24, 2.45) is 5.92 Å². The zero-order valence-corrected chi connectivity index (χ0v) is 22.7. The average Bonchev–Trinajstić information content (AvgIpc) is 2.89. The van der Waals surface area contributed by atoms with Crippen LogP contribution in [-0.4, -0.2) is 83.9 Å². The van der Waals surface area contributed by atoms with Gasteiger partial charge in [-0.25, -0.2) is 4.79 Å². The van der Waals surface area contributed by atoms with E-state index in [9.17, 15) is 32.7 Å². The maximum Gasteiger partial charge on any atom is 0.389 e. The molecule has 2 aliphatic rings. The molecular formula is C27H39F3N4O5. The molecule has 0 saturated heterocycles. The van der Waals surface area contributed by atoms with Crippen LogP contribution in [0.1, 0.15) is 69.2 Å². The largest absolute Gasteiger partial charge is 0.487 e. The Hall–Kier alpha value is -3.02. The maximum atomic E-state index is 13.5. The van der Waals surface area contributed by atoms with Gasteiger partial charge in [0.2, 0.25) is 5.91 Å². The Labute approximate surface area is 227 Å². The molecule has 0 aromatic heterocycles. The number of hydrogen-bond donors (Lipinski definition) is 3. The molecule has 1 heterocycles. The van der Waals surface area contributed by atoms with Crippen LogP contribution in [0.3, 0.4) is 0 Å². The molecule has 0 unspecified atom stereocenters. The number of nitrogens with zero attached hydrogens (tertiary/aromatic N) is 2. The van der Waals surface area contributed by atoms with Crippen molar-refractivity contribution in [3.05, 3.63) is 23.8 Å². The average molecular weight is 557 g/mol. The number of urea groups is 1. The smallest absolute Gasteiger partial charge is 0.389 e. The zero-order chi connectivity index (χ0) is 28.7. The summed E-state index contributed by atoms with van der Waals surface area (Å²) in [5.41, 5.74) is 0.263. The van der Waals surface area contributed by atoms with Gasteiger partial charge in [-0.2, -0.15) is 13.2 Å². The minimum absolute atomic E-state index is 0.107. The third-order valence-electron chi connectivity index (χ3n) is 7.32. The lowest BCUT2D eigenvalue weighted by atomic mass is 9.96. The van der Waals surface area contributed by atoms with Gasteiger partial charge in [0.05, 0.1) is 31.2 Å². The molecule has 39 heavy (non-hydrogen) atoms. The van der Waals surface area contributed by atoms with Crippen LogP contribution in [-0.2, 0) is 4.79 Å². The zero-order valence-electron chi connectivity index (χ0n) is 22.7. The van der Waals surface area contributed by atoms with E-state index in [0.717, 1.165) is 25.7 Å². The molecule has 1 saturated carbocycles. The van der Waals surface area contributed by atoms with E-state index in [4.69, 9.17) is 4.74 Å². The lowest BCUT2D eigenvalue weighted by Gasteiger charge is -2.38. The SMILES string of the molecule is C[C@H](CO)N1C[C@H](C)[C@@H](CN(C)C(=O)NC2CCCCC2)Oc2ccc(NC(=O)CCC(F)(F)F)cc2C1=O. The van der Waals surface area contributed by atoms with E-state index >= 15 is 0 Å². The fraction of sp³-hybridized carbons (Fsp3) is 0.667. The van der Waals surface area contributed by atoms with Crippen LogP contribution in [0.15, 0.2) is 18.2 Å². The van der Waals surface area contributed by atoms with Crippen molar-refractivity contribution in [3.8, 4) is 5.75 Å². The number of carbonyl (C=O) groups is 3. The van der Waals surface area contributed by atoms with Gasteiger partial charge >= 0.3 is 12.2 Å². The lowest BCUT2D eigenvalue weighted by Crippen LogP contribution is -2.52. The van der Waals surface area contributed by atoms with Crippen molar-refractivity contribution in [3.63, 3.8) is 0 Å². The summed E-state index contributed by atoms with van der Waals surface area (Å²) < 4.78 is 43.7. The third-order valence-corrected chi connectivity index (χ3v) is 7.32. The minimum atomic E-state index is -4.46. The number of carbonyl (C=O) groups excluding carboxylic acids is 3. The Bertz CT molecular complexity index is 1020. The highest BCUT2D eigenvalue weighted by Crippen LogP contribution is 2.31. The summed E-state index contributed by atoms with van der Waals surface area (Å²) in [6.07, 6.45) is -1.70. The van der Waals surface area contributed by atoms with E-state index in [1.807, 2.05) is 6.92 Å². The Kier molecular flexibility index (Phi) is 10.5. The normalized spacial score (nSPS) is 21.2. The molecule has 3 N–H and O–H groups in total. The van der Waals surface area contributed by atoms with Crippen molar-refractivity contribution >= 4 is 23.5 Å². The van der Waals surface area contributed by atoms with Gasteiger partial charge in [0.15, 0.2) is 0 Å². The number of hydrogen-bond acceptors (Lipinski definition) is 5. The van der Waals surface area contributed by atoms with Gasteiger partial charge in [-0.3, -0.25) is 9.59 Å². The summed E-state index contributed by atoms with van der Waals surface area (Å²) in [6, 6.07) is 3.74. The molecule has 3 atom stereocenters. The number of alkyl halides is 3. The van der Waals surface area contributed by atoms with Crippen LogP contribution >= 0.6 is 0 Å². The highest BCUT2D eigenvalue weighted by Gasteiger charge is 2.34. The molecular weight excluding hydrogens is 517 g/mol. The summed E-state index contributed by atoms with van der Waals surface area (Å²) in [5, 5.41) is 15.3. The van der Waals surface area contributed by atoms with Gasteiger partial charge in [0, 0.05) is 37.7 Å². The topological polar surface area (TPSA) is 111 Å². The standard InChI is InChI=1S/C27H39F3N4O5/c1-17-14-34(18(2)16-35)25(37)21-13-20(31-24(36)11-12-27(28,29)30)9-10-22(21)39-23(17)15-33(3)26(38)32-19-7-5-4-6-8-19/h9-10,13,17-19,23,35H,4-8,11-12,14-16H2,1-3H3,(H,31,36)(H,32,38)/t17-,18+,23+/m0/s1. The molecule has 1 fully saturated rings. The molecule has 1 aromatic carbocycles. The Balaban J connectivity index is 1.80. The lowest BCUT2D eigenvalue weighted by molar-refractivity contribution is -0.142. The summed E-state index contributed by atoms with van der Waals surface area (Å²) in [5.74, 6) is -1.25. The first-order valence-electron chi connectivity index (χ1n) is 13.5. The van der Waals surface area contributed by atoms with Crippen molar-refractivity contribution in [1.82, 2.24) is 15.1 Å². The quantitative estimate of drug-likeness (QED) is 0.445. The highest BCUT2D eigenvalue weighted by molar-refractivity contribution is 5.99. The number of fused-ring (bicyclic) bond motifs is 1. The van der Waals surface area contributed by atoms with Gasteiger partial charge < -0.3 is 30.3 Å². The predicted molar refractivity (Wildman–Crippen MR) is 140 cm³/mol. The third kappa shape index (κ3) is 8.74. The summed E-state index contributed by atoms with van der Waals surface area (Å²) in [7, 11) is 1.69. The number of benzene rings is 1. The second-order valence-electron chi connectivity index (χ2n) is 10.7. The molecule has 0 spiro atoms. The van der Waals surface area contributed by atoms with Crippen LogP contribution in [0.25, 0.3) is 0 Å². The number of amides is 4. The Morgan fingerprint density at radius 3 is 2.56 bits per heavy atom. The van der Waals surface area contributed by atoms with Crippen molar-refractivity contribution in [1.29, 1.82) is 0 Å². The maximum absolute atomic E-state index is 13.5. The van der Waals surface area contributed by atoms with Crippen LogP contribution < -0.4 is 15.4 Å². The number of aliphatic hydroxyl groups is 1. The van der Waals surface area contributed by atoms with E-state index in [1.165, 1.54) is 29.5 Å². The number of ether oxygens (including phenoxy) is 1. The second-order valence-corrected chi connectivity index (χ2v) is 10.7. The van der Waals surface area contributed by atoms with Gasteiger partial charge in [-0.1, -0.05) is 26.2 Å². The van der Waals surface area contributed by atoms with Crippen molar-refractivity contribution in [2.75, 3.05) is 32.1 Å². The van der Waals surface area contributed by atoms with Crippen LogP contribution in [0.2, 0.25) is 0 Å². The first-order chi connectivity index (χ1) is 18.4. The van der Waals surface area contributed by atoms with Crippen molar-refractivity contribution < 1.29 is 37.4 Å². The summed E-state index contributed by atoms with van der Waals surface area (Å²) in [6.45, 7) is 3.81. The van der Waals surface area contributed by atoms with E-state index in [1.54, 1.807) is 18.9 Å². The molecule has 0 bridgehead atoms. The van der Waals surface area contributed by atoms with Crippen molar-refractivity contribution in [2.45, 2.75) is 83.2 Å². The van der Waals surface area contributed by atoms with Gasteiger partial charge in [-0.05, 0) is 38.0 Å². The molecule has 1 aliphatic carbocycles. The molecule has 9 nitrogen and oxygen atoms in total. The number of rotatable bonds is 8. The number of likely N-dealkylation sites (N-methyl/N-ethyl adjacent to an activating group) is 1. The van der Waals surface area contributed by atoms with E-state index < -0.39 is 43.0 Å². The van der Waals surface area contributed by atoms with Crippen LogP contribution in [0.4, 0.5) is 23.7 Å². The van der Waals surface area contributed by atoms with Crippen LogP contribution in [0, 0.1) is 5.92 Å². The first-order valence-corrected chi connectivity index (χ1v) is 13.5. The summed E-state index contributed by atoms with van der Waals surface area (Å²) >= 11 is 0. The van der Waals surface area contributed by atoms with Gasteiger partial charge in [-0.15, -0.1) is 0 Å². The molecule has 1 aliphatic heterocycles. The van der Waals surface area contributed by atoms with E-state index in [-0.39, 0.29) is 54.7 Å². The number of aliphatic hydroxyl groups excluding tert-OH is 1. The Morgan fingerprint density at radius 1 is 1.23 bits per heavy atom. The molecule has 0 radical (unpaired) electrons. The monoisotopic (exact) mass is 556 g/mol. The number of anilines is 1. The second kappa shape index (κ2) is 13.4. The molecule has 12 heteroatoms. The van der Waals surface area contributed by atoms with Gasteiger partial charge in [0.1, 0.15) is 11.9 Å². The van der Waals surface area contributed by atoms with E-state index in [0.29, 0.717) is 0 Å². The van der Waals surface area contributed by atoms with Gasteiger partial charge in [0.25, 0.3) is 5.91 Å². The first kappa shape index (κ1) is 30.5. The highest BCUT2D eigenvalue weighted by atomic mass is 19.4. The number of halogens is 3. The fourth-order valence-corrected chi connectivity index (χ4v) is 4.88. The molecule has 1 aromatic rings. The van der Waals surface area contributed by atoms with E-state index in [2.05, 4.69) is 10.6 Å². The van der Waals surface area contributed by atoms with Crippen LogP contribution in [0.5, 0.6) is 5.75 Å². The molecule has 4 amide bonds. The molecule has 3 rings (SSSR count).